The number of benzene rings is 2. The molecule has 0 fully saturated rings. The topological polar surface area (TPSA) is 3.24 Å². The molecule has 0 N–H and O–H groups in total. The first kappa shape index (κ1) is 13.0. The maximum absolute atomic E-state index is 2.53. The minimum atomic E-state index is 0.998. The maximum atomic E-state index is 2.53. The summed E-state index contributed by atoms with van der Waals surface area (Å²) >= 11 is 0. The minimum Gasteiger partial charge on any atom is -0.367 e. The normalized spacial score (nSPS) is 16.7. The second kappa shape index (κ2) is 6.42. The quantitative estimate of drug-likeness (QED) is 0.716. The Labute approximate surface area is 121 Å². The zero-order valence-electron chi connectivity index (χ0n) is 11.8. The Morgan fingerprint density at radius 3 is 2.55 bits per heavy atom. The summed E-state index contributed by atoms with van der Waals surface area (Å²) in [6.45, 7) is 2.12. The Balaban J connectivity index is 1.89. The monoisotopic (exact) mass is 263 g/mol. The number of para-hydroxylation sites is 1. The van der Waals surface area contributed by atoms with Crippen LogP contribution in [0.3, 0.4) is 0 Å². The lowest BCUT2D eigenvalue weighted by atomic mass is 10.1. The third-order valence-corrected chi connectivity index (χ3v) is 3.85. The highest BCUT2D eigenvalue weighted by atomic mass is 15.1. The maximum Gasteiger partial charge on any atom is 0.0429 e. The van der Waals surface area contributed by atoms with Gasteiger partial charge in [0.25, 0.3) is 0 Å². The number of allylic oxidation sites excluding steroid dienone is 2. The smallest absolute Gasteiger partial charge is 0.0429 e. The molecule has 0 saturated carbocycles. The molecule has 0 aliphatic carbocycles. The van der Waals surface area contributed by atoms with Gasteiger partial charge >= 0.3 is 0 Å². The van der Waals surface area contributed by atoms with Crippen LogP contribution in [0.4, 0.5) is 5.69 Å². The lowest BCUT2D eigenvalue weighted by Gasteiger charge is -2.26. The molecular weight excluding hydrogens is 242 g/mol. The summed E-state index contributed by atoms with van der Waals surface area (Å²) < 4.78 is 0. The van der Waals surface area contributed by atoms with Crippen LogP contribution in [0.15, 0.2) is 66.7 Å². The van der Waals surface area contributed by atoms with E-state index in [4.69, 9.17) is 0 Å². The number of anilines is 1. The van der Waals surface area contributed by atoms with E-state index in [1.54, 1.807) is 0 Å². The molecule has 0 radical (unpaired) electrons. The SMILES string of the molecule is C1=C\Cc2ccccc2N(Cc2ccccc2)CCC/1. The fraction of sp³-hybridized carbons (Fsp3) is 0.263. The van der Waals surface area contributed by atoms with Crippen LogP contribution in [0.1, 0.15) is 24.0 Å². The van der Waals surface area contributed by atoms with E-state index in [9.17, 15) is 0 Å². The molecule has 1 aliphatic heterocycles. The predicted molar refractivity (Wildman–Crippen MR) is 86.0 cm³/mol. The molecule has 20 heavy (non-hydrogen) atoms. The van der Waals surface area contributed by atoms with E-state index in [1.165, 1.54) is 29.7 Å². The number of hydrogen-bond donors (Lipinski definition) is 0. The van der Waals surface area contributed by atoms with Gasteiger partial charge in [-0.15, -0.1) is 0 Å². The van der Waals surface area contributed by atoms with E-state index in [-0.39, 0.29) is 0 Å². The van der Waals surface area contributed by atoms with E-state index in [1.807, 2.05) is 0 Å². The van der Waals surface area contributed by atoms with Crippen molar-refractivity contribution in [3.63, 3.8) is 0 Å². The molecule has 2 aromatic rings. The van der Waals surface area contributed by atoms with Gasteiger partial charge in [0.05, 0.1) is 0 Å². The Bertz CT molecular complexity index is 571. The van der Waals surface area contributed by atoms with Gasteiger partial charge in [0, 0.05) is 18.8 Å². The van der Waals surface area contributed by atoms with Crippen molar-refractivity contribution < 1.29 is 0 Å². The summed E-state index contributed by atoms with van der Waals surface area (Å²) in [5, 5.41) is 0. The molecule has 3 rings (SSSR count). The van der Waals surface area contributed by atoms with Crippen LogP contribution < -0.4 is 4.90 Å². The lowest BCUT2D eigenvalue weighted by Crippen LogP contribution is -2.24. The van der Waals surface area contributed by atoms with E-state index >= 15 is 0 Å². The third kappa shape index (κ3) is 3.11. The molecule has 2 aromatic carbocycles. The minimum absolute atomic E-state index is 0.998. The molecular formula is C19H21N. The summed E-state index contributed by atoms with van der Waals surface area (Å²) in [7, 11) is 0. The molecule has 1 heterocycles. The highest BCUT2D eigenvalue weighted by Crippen LogP contribution is 2.25. The molecule has 0 saturated heterocycles. The lowest BCUT2D eigenvalue weighted by molar-refractivity contribution is 0.738. The summed E-state index contributed by atoms with van der Waals surface area (Å²) in [6.07, 6.45) is 8.08. The van der Waals surface area contributed by atoms with Crippen LogP contribution in [0.5, 0.6) is 0 Å². The molecule has 1 nitrogen and oxygen atoms in total. The first-order valence-corrected chi connectivity index (χ1v) is 7.45. The largest absolute Gasteiger partial charge is 0.367 e. The Hall–Kier alpha value is -2.02. The van der Waals surface area contributed by atoms with Gasteiger partial charge in [0.2, 0.25) is 0 Å². The van der Waals surface area contributed by atoms with Gasteiger partial charge in [0.1, 0.15) is 0 Å². The summed E-state index contributed by atoms with van der Waals surface area (Å²) in [5.74, 6) is 0. The van der Waals surface area contributed by atoms with Crippen LogP contribution >= 0.6 is 0 Å². The molecule has 0 atom stereocenters. The number of hydrogen-bond acceptors (Lipinski definition) is 1. The Kier molecular flexibility index (Phi) is 4.17. The fourth-order valence-corrected chi connectivity index (χ4v) is 2.81. The average Bonchev–Trinajstić information content (AvgIpc) is 2.60. The highest BCUT2D eigenvalue weighted by molar-refractivity contribution is 5.55. The summed E-state index contributed by atoms with van der Waals surface area (Å²) in [5.41, 5.74) is 4.21. The van der Waals surface area contributed by atoms with Crippen molar-refractivity contribution in [2.24, 2.45) is 0 Å². The first-order chi connectivity index (χ1) is 9.93. The molecule has 1 aliphatic rings. The predicted octanol–water partition coefficient (Wildman–Crippen LogP) is 4.59. The summed E-state index contributed by atoms with van der Waals surface area (Å²) in [4.78, 5) is 2.53. The second-order valence-electron chi connectivity index (χ2n) is 5.35. The van der Waals surface area contributed by atoms with Crippen LogP contribution in [0.25, 0.3) is 0 Å². The molecule has 0 spiro atoms. The first-order valence-electron chi connectivity index (χ1n) is 7.45. The van der Waals surface area contributed by atoms with Crippen molar-refractivity contribution in [2.75, 3.05) is 11.4 Å². The standard InChI is InChI=1S/C19H21N/c1-2-9-15-20(16-17-10-4-3-5-11-17)19-14-8-7-13-18(19)12-6-1/h1,3-8,10-11,13-14H,2,9,12,15-16H2/b6-1-. The van der Waals surface area contributed by atoms with Gasteiger partial charge < -0.3 is 4.90 Å². The Morgan fingerprint density at radius 1 is 0.850 bits per heavy atom. The van der Waals surface area contributed by atoms with Crippen molar-refractivity contribution in [3.05, 3.63) is 77.9 Å². The summed E-state index contributed by atoms with van der Waals surface area (Å²) in [6, 6.07) is 19.6. The van der Waals surface area contributed by atoms with Crippen molar-refractivity contribution in [3.8, 4) is 0 Å². The molecule has 0 amide bonds. The van der Waals surface area contributed by atoms with E-state index < -0.39 is 0 Å². The van der Waals surface area contributed by atoms with Crippen molar-refractivity contribution >= 4 is 5.69 Å². The molecule has 1 heteroatoms. The number of nitrogens with zero attached hydrogens (tertiary/aromatic N) is 1. The van der Waals surface area contributed by atoms with Gasteiger partial charge in [-0.2, -0.15) is 0 Å². The average molecular weight is 263 g/mol. The van der Waals surface area contributed by atoms with E-state index in [2.05, 4.69) is 71.6 Å². The molecule has 102 valence electrons. The third-order valence-electron chi connectivity index (χ3n) is 3.85. The van der Waals surface area contributed by atoms with Gasteiger partial charge in [-0.05, 0) is 36.5 Å². The zero-order chi connectivity index (χ0) is 13.6. The van der Waals surface area contributed by atoms with Crippen LogP contribution in [-0.2, 0) is 13.0 Å². The van der Waals surface area contributed by atoms with Crippen molar-refractivity contribution in [2.45, 2.75) is 25.8 Å². The van der Waals surface area contributed by atoms with Gasteiger partial charge in [-0.3, -0.25) is 0 Å². The van der Waals surface area contributed by atoms with Crippen LogP contribution in [0, 0.1) is 0 Å². The molecule has 0 bridgehead atoms. The van der Waals surface area contributed by atoms with Crippen LogP contribution in [0.2, 0.25) is 0 Å². The van der Waals surface area contributed by atoms with Gasteiger partial charge in [0.15, 0.2) is 0 Å². The van der Waals surface area contributed by atoms with Crippen molar-refractivity contribution in [1.29, 1.82) is 0 Å². The molecule has 0 unspecified atom stereocenters. The fourth-order valence-electron chi connectivity index (χ4n) is 2.81. The van der Waals surface area contributed by atoms with Crippen LogP contribution in [-0.4, -0.2) is 6.54 Å². The second-order valence-corrected chi connectivity index (χ2v) is 5.35. The number of fused-ring (bicyclic) bond motifs is 1. The highest BCUT2D eigenvalue weighted by Gasteiger charge is 2.11. The van der Waals surface area contributed by atoms with Gasteiger partial charge in [-0.1, -0.05) is 60.7 Å². The zero-order valence-corrected chi connectivity index (χ0v) is 11.8. The van der Waals surface area contributed by atoms with E-state index in [0.717, 1.165) is 19.5 Å². The number of rotatable bonds is 2. The molecule has 0 aromatic heterocycles. The Morgan fingerprint density at radius 2 is 1.65 bits per heavy atom. The van der Waals surface area contributed by atoms with E-state index in [0.29, 0.717) is 0 Å². The van der Waals surface area contributed by atoms with Gasteiger partial charge in [-0.25, -0.2) is 0 Å². The van der Waals surface area contributed by atoms with Crippen molar-refractivity contribution in [1.82, 2.24) is 0 Å².